The van der Waals surface area contributed by atoms with Crippen molar-refractivity contribution in [3.8, 4) is 0 Å². The molecule has 9 nitrogen and oxygen atoms in total. The van der Waals surface area contributed by atoms with Crippen molar-refractivity contribution in [2.24, 2.45) is 0 Å². The van der Waals surface area contributed by atoms with Gasteiger partial charge in [-0.2, -0.15) is 0 Å². The van der Waals surface area contributed by atoms with Crippen molar-refractivity contribution in [2.45, 2.75) is 37.4 Å². The third-order valence-corrected chi connectivity index (χ3v) is 9.02. The quantitative estimate of drug-likeness (QED) is 0.137. The number of amides is 2. The molecule has 10 heteroatoms. The zero-order chi connectivity index (χ0) is 32.1. The summed E-state index contributed by atoms with van der Waals surface area (Å²) in [7, 11) is 0. The van der Waals surface area contributed by atoms with Crippen molar-refractivity contribution in [3.63, 3.8) is 0 Å². The van der Waals surface area contributed by atoms with E-state index in [0.29, 0.717) is 64.7 Å². The number of piperidine rings is 2. The molecular weight excluding hydrogens is 602 g/mol. The van der Waals surface area contributed by atoms with Crippen LogP contribution in [0, 0.1) is 0 Å². The summed E-state index contributed by atoms with van der Waals surface area (Å²) in [4.78, 5) is 28.3. The van der Waals surface area contributed by atoms with Crippen molar-refractivity contribution in [1.29, 1.82) is 0 Å². The van der Waals surface area contributed by atoms with Gasteiger partial charge in [0.15, 0.2) is 0 Å². The van der Waals surface area contributed by atoms with Gasteiger partial charge in [-0.1, -0.05) is 29.8 Å². The van der Waals surface area contributed by atoms with Crippen LogP contribution in [0.4, 0.5) is 28.4 Å². The van der Waals surface area contributed by atoms with Gasteiger partial charge in [-0.25, -0.2) is 0 Å². The zero-order valence-corrected chi connectivity index (χ0v) is 26.2. The topological polar surface area (TPSA) is 126 Å². The van der Waals surface area contributed by atoms with Crippen molar-refractivity contribution in [2.75, 3.05) is 47.0 Å². The van der Waals surface area contributed by atoms with Gasteiger partial charge in [-0.05, 0) is 117 Å². The summed E-state index contributed by atoms with van der Waals surface area (Å²) < 4.78 is 0. The molecule has 0 atom stereocenters. The maximum atomic E-state index is 13.3. The highest BCUT2D eigenvalue weighted by Crippen LogP contribution is 2.34. The molecule has 46 heavy (non-hydrogen) atoms. The first-order valence-corrected chi connectivity index (χ1v) is 16.0. The Bertz CT molecular complexity index is 1680. The molecule has 2 heterocycles. The average molecular weight is 640 g/mol. The SMILES string of the molecule is O=C(Nc1ccc(Nc2ccc(NC(=O)c3ccccc3C3(O)CCNCC3)cc2Cl)cc1)c1ccc(N2CCC(O)CC2)cc1. The Balaban J connectivity index is 1.05. The number of aliphatic hydroxyl groups excluding tert-OH is 1. The molecule has 4 aromatic rings. The number of benzene rings is 4. The number of nitrogens with one attached hydrogen (secondary N) is 4. The highest BCUT2D eigenvalue weighted by atomic mass is 35.5. The lowest BCUT2D eigenvalue weighted by atomic mass is 9.82. The van der Waals surface area contributed by atoms with Crippen molar-refractivity contribution in [1.82, 2.24) is 5.32 Å². The van der Waals surface area contributed by atoms with Crippen LogP contribution in [0.1, 0.15) is 52.0 Å². The molecular formula is C36H38ClN5O4. The predicted molar refractivity (Wildman–Crippen MR) is 183 cm³/mol. The molecule has 238 valence electrons. The molecule has 0 aromatic heterocycles. The summed E-state index contributed by atoms with van der Waals surface area (Å²) in [6, 6.07) is 27.2. The van der Waals surface area contributed by atoms with Crippen LogP contribution in [-0.4, -0.2) is 54.3 Å². The van der Waals surface area contributed by atoms with E-state index in [-0.39, 0.29) is 17.9 Å². The number of anilines is 5. The van der Waals surface area contributed by atoms with E-state index in [1.54, 1.807) is 30.3 Å². The standard InChI is InChI=1S/C36H38ClN5O4/c37-32-23-27(41-35(45)30-3-1-2-4-31(30)36(46)17-19-38-20-18-36)11-14-33(32)39-25-7-9-26(10-8-25)40-34(44)24-5-12-28(13-6-24)42-21-15-29(43)16-22-42/h1-14,23,29,38-39,43,46H,15-22H2,(H,40,44)(H,41,45). The fourth-order valence-corrected chi connectivity index (χ4v) is 6.26. The fourth-order valence-electron chi connectivity index (χ4n) is 6.03. The van der Waals surface area contributed by atoms with E-state index in [0.717, 1.165) is 37.3 Å². The van der Waals surface area contributed by atoms with Gasteiger partial charge in [0.05, 0.1) is 22.4 Å². The first-order valence-electron chi connectivity index (χ1n) is 15.6. The molecule has 2 fully saturated rings. The number of carbonyl (C=O) groups is 2. The molecule has 2 aliphatic heterocycles. The first-order chi connectivity index (χ1) is 22.3. The van der Waals surface area contributed by atoms with Crippen molar-refractivity contribution >= 4 is 51.9 Å². The Morgan fingerprint density at radius 1 is 0.804 bits per heavy atom. The minimum atomic E-state index is -1.05. The highest BCUT2D eigenvalue weighted by molar-refractivity contribution is 6.33. The van der Waals surface area contributed by atoms with E-state index in [4.69, 9.17) is 11.6 Å². The Kier molecular flexibility index (Phi) is 9.56. The highest BCUT2D eigenvalue weighted by Gasteiger charge is 2.34. The second-order valence-electron chi connectivity index (χ2n) is 11.9. The summed E-state index contributed by atoms with van der Waals surface area (Å²) in [5.74, 6) is -0.509. The van der Waals surface area contributed by atoms with Gasteiger partial charge in [-0.15, -0.1) is 0 Å². The van der Waals surface area contributed by atoms with Gasteiger partial charge in [0.25, 0.3) is 11.8 Å². The predicted octanol–water partition coefficient (Wildman–Crippen LogP) is 6.12. The van der Waals surface area contributed by atoms with Crippen LogP contribution >= 0.6 is 11.6 Å². The lowest BCUT2D eigenvalue weighted by Gasteiger charge is -2.34. The number of aliphatic hydroxyl groups is 2. The fraction of sp³-hybridized carbons (Fsp3) is 0.278. The van der Waals surface area contributed by atoms with Gasteiger partial charge >= 0.3 is 0 Å². The summed E-state index contributed by atoms with van der Waals surface area (Å²) in [6.45, 7) is 2.99. The molecule has 0 saturated carbocycles. The molecule has 0 aliphatic carbocycles. The molecule has 0 spiro atoms. The zero-order valence-electron chi connectivity index (χ0n) is 25.4. The third-order valence-electron chi connectivity index (χ3n) is 8.71. The van der Waals surface area contributed by atoms with Crippen LogP contribution in [0.25, 0.3) is 0 Å². The average Bonchev–Trinajstić information content (AvgIpc) is 3.07. The molecule has 0 unspecified atom stereocenters. The molecule has 2 aliphatic rings. The van der Waals surface area contributed by atoms with Gasteiger partial charge in [0.1, 0.15) is 0 Å². The van der Waals surface area contributed by atoms with Gasteiger partial charge in [0.2, 0.25) is 0 Å². The van der Waals surface area contributed by atoms with Gasteiger partial charge in [-0.3, -0.25) is 9.59 Å². The Labute approximate surface area is 273 Å². The molecule has 0 bridgehead atoms. The second-order valence-corrected chi connectivity index (χ2v) is 12.3. The Hall–Kier alpha value is -4.41. The second kappa shape index (κ2) is 13.9. The van der Waals surface area contributed by atoms with E-state index in [2.05, 4.69) is 26.2 Å². The van der Waals surface area contributed by atoms with E-state index in [1.807, 2.05) is 60.7 Å². The van der Waals surface area contributed by atoms with Crippen molar-refractivity contribution in [3.05, 3.63) is 113 Å². The lowest BCUT2D eigenvalue weighted by molar-refractivity contribution is 0.00522. The minimum absolute atomic E-state index is 0.200. The number of halogens is 1. The van der Waals surface area contributed by atoms with Crippen LogP contribution < -0.4 is 26.2 Å². The van der Waals surface area contributed by atoms with E-state index < -0.39 is 5.60 Å². The largest absolute Gasteiger partial charge is 0.393 e. The number of hydrogen-bond donors (Lipinski definition) is 6. The van der Waals surface area contributed by atoms with Crippen LogP contribution in [-0.2, 0) is 5.60 Å². The minimum Gasteiger partial charge on any atom is -0.393 e. The molecule has 0 radical (unpaired) electrons. The number of rotatable bonds is 8. The third kappa shape index (κ3) is 7.35. The molecule has 6 N–H and O–H groups in total. The molecule has 6 rings (SSSR count). The number of hydrogen-bond acceptors (Lipinski definition) is 7. The van der Waals surface area contributed by atoms with E-state index in [1.165, 1.54) is 0 Å². The molecule has 4 aromatic carbocycles. The smallest absolute Gasteiger partial charge is 0.256 e. The summed E-state index contributed by atoms with van der Waals surface area (Å²) in [5, 5.41) is 33.8. The lowest BCUT2D eigenvalue weighted by Crippen LogP contribution is -2.40. The summed E-state index contributed by atoms with van der Waals surface area (Å²) in [5.41, 5.74) is 4.25. The maximum Gasteiger partial charge on any atom is 0.256 e. The number of nitrogens with zero attached hydrogens (tertiary/aromatic N) is 1. The Morgan fingerprint density at radius 3 is 2.13 bits per heavy atom. The summed E-state index contributed by atoms with van der Waals surface area (Å²) in [6.07, 6.45) is 2.36. The normalized spacial score (nSPS) is 16.5. The van der Waals surface area contributed by atoms with E-state index >= 15 is 0 Å². The van der Waals surface area contributed by atoms with Crippen LogP contribution in [0.3, 0.4) is 0 Å². The number of carbonyl (C=O) groups excluding carboxylic acids is 2. The van der Waals surface area contributed by atoms with Crippen molar-refractivity contribution < 1.29 is 19.8 Å². The molecule has 2 saturated heterocycles. The van der Waals surface area contributed by atoms with Crippen LogP contribution in [0.5, 0.6) is 0 Å². The summed E-state index contributed by atoms with van der Waals surface area (Å²) >= 11 is 6.59. The Morgan fingerprint density at radius 2 is 1.43 bits per heavy atom. The molecule has 2 amide bonds. The van der Waals surface area contributed by atoms with Gasteiger partial charge in [0, 0.05) is 47.0 Å². The van der Waals surface area contributed by atoms with Gasteiger partial charge < -0.3 is 36.4 Å². The van der Waals surface area contributed by atoms with Crippen LogP contribution in [0.2, 0.25) is 5.02 Å². The monoisotopic (exact) mass is 639 g/mol. The van der Waals surface area contributed by atoms with Crippen LogP contribution in [0.15, 0.2) is 91.0 Å². The maximum absolute atomic E-state index is 13.3. The first kappa shape index (κ1) is 31.6. The van der Waals surface area contributed by atoms with E-state index in [9.17, 15) is 19.8 Å².